The standard InChI is InChI=1S/C34H40N4O5/c1-8-19-16(3)22-13-23-17(4)20(10-11-29(40)43-7)31(36-23)21-12-26(39)30-18(5)24(37-32(21)30)14-28-34(42,9-2)33(6,41)27(38-28)15-25(19)35-22/h13-15,17,20,35,37,41-42H,8-12H2,1-7H3/t17-,20-,33-,34+/m0/s1. The third kappa shape index (κ3) is 4.19. The Morgan fingerprint density at radius 3 is 2.42 bits per heavy atom. The van der Waals surface area contributed by atoms with Crippen molar-refractivity contribution in [3.8, 4) is 0 Å². The molecule has 4 N–H and O–H groups in total. The van der Waals surface area contributed by atoms with Crippen LogP contribution in [0.15, 0.2) is 18.2 Å². The fourth-order valence-electron chi connectivity index (χ4n) is 7.34. The summed E-state index contributed by atoms with van der Waals surface area (Å²) in [6.07, 6.45) is 2.02. The van der Waals surface area contributed by atoms with Crippen molar-refractivity contribution in [1.29, 1.82) is 0 Å². The van der Waals surface area contributed by atoms with Crippen molar-refractivity contribution in [2.75, 3.05) is 7.11 Å². The first-order valence-corrected chi connectivity index (χ1v) is 15.2. The van der Waals surface area contributed by atoms with Crippen LogP contribution in [0.2, 0.25) is 0 Å². The maximum atomic E-state index is 13.5. The molecule has 2 aliphatic heterocycles. The average molecular weight is 585 g/mol. The van der Waals surface area contributed by atoms with Crippen molar-refractivity contribution in [2.45, 2.75) is 96.7 Å². The minimum Gasteiger partial charge on any atom is -0.469 e. The zero-order chi connectivity index (χ0) is 31.0. The molecule has 1 aliphatic carbocycles. The number of hydrogen-bond acceptors (Lipinski definition) is 7. The highest BCUT2D eigenvalue weighted by atomic mass is 16.5. The van der Waals surface area contributed by atoms with Gasteiger partial charge in [-0.15, -0.1) is 0 Å². The molecule has 0 spiro atoms. The van der Waals surface area contributed by atoms with Gasteiger partial charge < -0.3 is 24.9 Å². The number of aliphatic hydroxyl groups is 2. The van der Waals surface area contributed by atoms with Gasteiger partial charge in [-0.05, 0) is 74.9 Å². The molecule has 3 aliphatic rings. The fraction of sp³-hybridized carbons (Fsp3) is 0.471. The van der Waals surface area contributed by atoms with Gasteiger partial charge in [0, 0.05) is 58.0 Å². The summed E-state index contributed by atoms with van der Waals surface area (Å²) in [7, 11) is 1.39. The van der Waals surface area contributed by atoms with Crippen molar-refractivity contribution in [3.05, 3.63) is 68.8 Å². The topological polar surface area (TPSA) is 141 Å². The van der Waals surface area contributed by atoms with E-state index in [1.54, 1.807) is 13.0 Å². The number of carbonyl (C=O) groups excluding carboxylic acids is 2. The monoisotopic (exact) mass is 584 g/mol. The van der Waals surface area contributed by atoms with Crippen molar-refractivity contribution in [2.24, 2.45) is 0 Å². The van der Waals surface area contributed by atoms with Crippen LogP contribution in [0.1, 0.15) is 114 Å². The molecule has 0 fully saturated rings. The number of aryl methyl sites for hydroxylation is 3. The van der Waals surface area contributed by atoms with E-state index in [-0.39, 0.29) is 42.9 Å². The number of nitrogens with one attached hydrogen (secondary N) is 2. The molecule has 0 saturated carbocycles. The Labute approximate surface area is 250 Å². The molecule has 0 amide bonds. The molecule has 0 aromatic carbocycles. The quantitative estimate of drug-likeness (QED) is 0.287. The van der Waals surface area contributed by atoms with E-state index >= 15 is 0 Å². The largest absolute Gasteiger partial charge is 0.469 e. The number of ether oxygens (including phenoxy) is 1. The summed E-state index contributed by atoms with van der Waals surface area (Å²) in [5.41, 5.74) is 6.61. The van der Waals surface area contributed by atoms with E-state index in [9.17, 15) is 19.8 Å². The summed E-state index contributed by atoms with van der Waals surface area (Å²) >= 11 is 0. The van der Waals surface area contributed by atoms with Crippen LogP contribution in [0.3, 0.4) is 0 Å². The van der Waals surface area contributed by atoms with Crippen LogP contribution in [0.4, 0.5) is 0 Å². The number of esters is 1. The number of carbonyl (C=O) groups is 2. The number of rotatable bonds is 5. The van der Waals surface area contributed by atoms with Gasteiger partial charge in [0.15, 0.2) is 5.78 Å². The summed E-state index contributed by atoms with van der Waals surface area (Å²) in [6.45, 7) is 11.6. The summed E-state index contributed by atoms with van der Waals surface area (Å²) in [5, 5.41) is 23.7. The molecule has 43 heavy (non-hydrogen) atoms. The molecule has 5 heterocycles. The predicted molar refractivity (Wildman–Crippen MR) is 164 cm³/mol. The highest BCUT2D eigenvalue weighted by Crippen LogP contribution is 2.47. The lowest BCUT2D eigenvalue weighted by Crippen LogP contribution is -2.43. The fourth-order valence-corrected chi connectivity index (χ4v) is 7.34. The van der Waals surface area contributed by atoms with E-state index in [1.807, 2.05) is 19.9 Å². The summed E-state index contributed by atoms with van der Waals surface area (Å²) in [4.78, 5) is 42.6. The van der Waals surface area contributed by atoms with E-state index in [2.05, 4.69) is 36.8 Å². The van der Waals surface area contributed by atoms with Gasteiger partial charge in [0.25, 0.3) is 0 Å². The maximum absolute atomic E-state index is 13.5. The van der Waals surface area contributed by atoms with Crippen LogP contribution >= 0.6 is 0 Å². The number of H-pyrrole nitrogens is 2. The highest BCUT2D eigenvalue weighted by Gasteiger charge is 2.53. The van der Waals surface area contributed by atoms with Crippen molar-refractivity contribution < 1.29 is 24.5 Å². The first-order valence-electron chi connectivity index (χ1n) is 15.2. The van der Waals surface area contributed by atoms with Gasteiger partial charge in [-0.2, -0.15) is 0 Å². The first kappa shape index (κ1) is 29.3. The second-order valence-electron chi connectivity index (χ2n) is 12.4. The van der Waals surface area contributed by atoms with Gasteiger partial charge in [-0.1, -0.05) is 20.8 Å². The molecule has 3 aromatic rings. The van der Waals surface area contributed by atoms with Crippen LogP contribution < -0.4 is 0 Å². The van der Waals surface area contributed by atoms with Gasteiger partial charge in [0.2, 0.25) is 0 Å². The molecule has 0 unspecified atom stereocenters. The molecule has 4 atom stereocenters. The van der Waals surface area contributed by atoms with Gasteiger partial charge in [-0.25, -0.2) is 0 Å². The van der Waals surface area contributed by atoms with Crippen molar-refractivity contribution in [3.63, 3.8) is 0 Å². The van der Waals surface area contributed by atoms with E-state index in [0.717, 1.165) is 56.6 Å². The molecule has 6 rings (SSSR count). The Kier molecular flexibility index (Phi) is 6.89. The number of aromatic nitrogens is 4. The van der Waals surface area contributed by atoms with E-state index in [1.165, 1.54) is 7.11 Å². The molecule has 9 nitrogen and oxygen atoms in total. The number of fused-ring (bicyclic) bond motifs is 8. The summed E-state index contributed by atoms with van der Waals surface area (Å²) < 4.78 is 4.95. The third-order valence-corrected chi connectivity index (χ3v) is 10.2. The normalized spacial score (nSPS) is 24.5. The number of Topliss-reactive ketones (excluding diaryl/α,β-unsaturated/α-hetero) is 1. The second kappa shape index (κ2) is 10.1. The van der Waals surface area contributed by atoms with Crippen LogP contribution in [-0.4, -0.2) is 49.0 Å². The Morgan fingerprint density at radius 2 is 1.74 bits per heavy atom. The van der Waals surface area contributed by atoms with Crippen molar-refractivity contribution >= 4 is 33.8 Å². The van der Waals surface area contributed by atoms with Crippen LogP contribution in [0.5, 0.6) is 0 Å². The summed E-state index contributed by atoms with van der Waals surface area (Å²) in [5.74, 6) is -0.346. The zero-order valence-corrected chi connectivity index (χ0v) is 25.9. The first-order chi connectivity index (χ1) is 20.4. The number of hydrogen-bond donors (Lipinski definition) is 4. The number of aromatic amines is 2. The third-order valence-electron chi connectivity index (χ3n) is 10.2. The number of nitrogens with zero attached hydrogens (tertiary/aromatic N) is 2. The van der Waals surface area contributed by atoms with E-state index in [4.69, 9.17) is 14.7 Å². The van der Waals surface area contributed by atoms with Gasteiger partial charge in [-0.3, -0.25) is 19.6 Å². The number of methoxy groups -OCH3 is 1. The van der Waals surface area contributed by atoms with Crippen LogP contribution in [-0.2, 0) is 33.6 Å². The van der Waals surface area contributed by atoms with Crippen LogP contribution in [0, 0.1) is 13.8 Å². The smallest absolute Gasteiger partial charge is 0.305 e. The predicted octanol–water partition coefficient (Wildman–Crippen LogP) is 5.58. The van der Waals surface area contributed by atoms with E-state index < -0.39 is 11.2 Å². The molecule has 0 radical (unpaired) electrons. The molecule has 8 bridgehead atoms. The lowest BCUT2D eigenvalue weighted by atomic mass is 9.80. The van der Waals surface area contributed by atoms with E-state index in [0.29, 0.717) is 28.9 Å². The molecular formula is C34H40N4O5. The Bertz CT molecular complexity index is 1850. The van der Waals surface area contributed by atoms with Gasteiger partial charge >= 0.3 is 5.97 Å². The molecule has 9 heteroatoms. The molecular weight excluding hydrogens is 544 g/mol. The SMILES string of the molecule is CCc1c(C)c2cc3nc(c4c5[nH]c(cc6nc(cc1[nH]2)[C@](C)(O)[C@@]6(O)CC)c(C)c5C(=O)C4)[C@@H](CCC(=O)OC)[C@@H]3C. The Hall–Kier alpha value is -3.82. The van der Waals surface area contributed by atoms with Gasteiger partial charge in [0.1, 0.15) is 11.2 Å². The minimum atomic E-state index is -1.65. The highest BCUT2D eigenvalue weighted by molar-refractivity contribution is 6.13. The maximum Gasteiger partial charge on any atom is 0.305 e. The minimum absolute atomic E-state index is 0.000487. The zero-order valence-electron chi connectivity index (χ0n) is 25.9. The Morgan fingerprint density at radius 1 is 1.05 bits per heavy atom. The lowest BCUT2D eigenvalue weighted by Gasteiger charge is -2.34. The molecule has 0 saturated heterocycles. The molecule has 226 valence electrons. The van der Waals surface area contributed by atoms with Crippen molar-refractivity contribution in [1.82, 2.24) is 19.9 Å². The number of ketones is 1. The lowest BCUT2D eigenvalue weighted by molar-refractivity contribution is -0.148. The summed E-state index contributed by atoms with van der Waals surface area (Å²) in [6, 6.07) is 5.66. The second-order valence-corrected chi connectivity index (χ2v) is 12.4. The average Bonchev–Trinajstić information content (AvgIpc) is 3.70. The van der Waals surface area contributed by atoms with Crippen LogP contribution in [0.25, 0.3) is 22.1 Å². The van der Waals surface area contributed by atoms with Gasteiger partial charge in [0.05, 0.1) is 29.7 Å². The Balaban J connectivity index is 1.76. The molecule has 3 aromatic heterocycles.